The second-order valence-electron chi connectivity index (χ2n) is 3.84. The minimum absolute atomic E-state index is 0.202. The molecule has 0 radical (unpaired) electrons. The summed E-state index contributed by atoms with van der Waals surface area (Å²) in [4.78, 5) is 13.0. The number of rotatable bonds is 4. The van der Waals surface area contributed by atoms with Crippen LogP contribution in [0.5, 0.6) is 0 Å². The molecule has 1 saturated heterocycles. The molecule has 15 heavy (non-hydrogen) atoms. The van der Waals surface area contributed by atoms with E-state index in [1.54, 1.807) is 0 Å². The molecule has 0 aliphatic carbocycles. The zero-order chi connectivity index (χ0) is 11.3. The first kappa shape index (κ1) is 12.2. The number of nitrogens with two attached hydrogens (primary N) is 1. The normalized spacial score (nSPS) is 20.3. The van der Waals surface area contributed by atoms with Gasteiger partial charge in [0.1, 0.15) is 6.04 Å². The quantitative estimate of drug-likeness (QED) is 0.548. The zero-order valence-electron chi connectivity index (χ0n) is 9.16. The smallest absolute Gasteiger partial charge is 0.240 e. The molecule has 0 aromatic rings. The van der Waals surface area contributed by atoms with Gasteiger partial charge in [0.05, 0.1) is 0 Å². The molecule has 0 bridgehead atoms. The van der Waals surface area contributed by atoms with Crippen molar-refractivity contribution in [3.05, 3.63) is 0 Å². The van der Waals surface area contributed by atoms with E-state index in [1.165, 1.54) is 0 Å². The van der Waals surface area contributed by atoms with Crippen molar-refractivity contribution in [2.45, 2.75) is 38.6 Å². The summed E-state index contributed by atoms with van der Waals surface area (Å²) < 4.78 is 0. The first-order chi connectivity index (χ1) is 7.16. The summed E-state index contributed by atoms with van der Waals surface area (Å²) in [6.45, 7) is 3.84. The number of amides is 1. The van der Waals surface area contributed by atoms with Crippen LogP contribution in [0.1, 0.15) is 32.6 Å². The van der Waals surface area contributed by atoms with Gasteiger partial charge in [0.15, 0.2) is 5.11 Å². The Balaban J connectivity index is 2.40. The van der Waals surface area contributed by atoms with Crippen molar-refractivity contribution in [1.29, 1.82) is 0 Å². The van der Waals surface area contributed by atoms with Gasteiger partial charge in [0, 0.05) is 13.1 Å². The summed E-state index contributed by atoms with van der Waals surface area (Å²) in [6.07, 6.45) is 4.04. The number of unbranched alkanes of at least 4 members (excludes halogenated alkanes) is 1. The van der Waals surface area contributed by atoms with Crippen molar-refractivity contribution >= 4 is 23.2 Å². The lowest BCUT2D eigenvalue weighted by Crippen LogP contribution is -2.48. The van der Waals surface area contributed by atoms with Gasteiger partial charge < -0.3 is 16.0 Å². The Labute approximate surface area is 96.2 Å². The lowest BCUT2D eigenvalue weighted by molar-refractivity contribution is -0.121. The number of carbonyl (C=O) groups is 1. The zero-order valence-corrected chi connectivity index (χ0v) is 9.98. The van der Waals surface area contributed by atoms with E-state index in [-0.39, 0.29) is 11.9 Å². The maximum Gasteiger partial charge on any atom is 0.240 e. The van der Waals surface area contributed by atoms with Crippen LogP contribution in [0.25, 0.3) is 0 Å². The molecule has 4 nitrogen and oxygen atoms in total. The fraction of sp³-hybridized carbons (Fsp3) is 0.800. The van der Waals surface area contributed by atoms with Gasteiger partial charge in [0.2, 0.25) is 5.91 Å². The van der Waals surface area contributed by atoms with Gasteiger partial charge in [-0.15, -0.1) is 0 Å². The molecule has 0 saturated carbocycles. The first-order valence-corrected chi connectivity index (χ1v) is 5.91. The van der Waals surface area contributed by atoms with Gasteiger partial charge in [-0.1, -0.05) is 13.3 Å². The molecule has 1 atom stereocenters. The van der Waals surface area contributed by atoms with Crippen LogP contribution >= 0.6 is 12.2 Å². The van der Waals surface area contributed by atoms with Crippen molar-refractivity contribution in [3.8, 4) is 0 Å². The van der Waals surface area contributed by atoms with E-state index in [1.807, 2.05) is 4.90 Å². The SMILES string of the molecule is CCCCNC(=S)N1CCC[C@@H]1C(N)=O. The Bertz CT molecular complexity index is 245. The molecule has 1 amide bonds. The fourth-order valence-corrected chi connectivity index (χ4v) is 2.10. The largest absolute Gasteiger partial charge is 0.368 e. The molecule has 1 aliphatic heterocycles. The van der Waals surface area contributed by atoms with Gasteiger partial charge in [-0.05, 0) is 31.5 Å². The van der Waals surface area contributed by atoms with Crippen molar-refractivity contribution in [1.82, 2.24) is 10.2 Å². The molecule has 1 aliphatic rings. The summed E-state index contributed by atoms with van der Waals surface area (Å²) in [5.41, 5.74) is 5.31. The van der Waals surface area contributed by atoms with Crippen molar-refractivity contribution in [2.24, 2.45) is 5.73 Å². The molecule has 0 unspecified atom stereocenters. The van der Waals surface area contributed by atoms with Crippen LogP contribution in [0.15, 0.2) is 0 Å². The Morgan fingerprint density at radius 1 is 1.67 bits per heavy atom. The minimum Gasteiger partial charge on any atom is -0.368 e. The molecule has 0 aromatic heterocycles. The van der Waals surface area contributed by atoms with Crippen LogP contribution in [0.2, 0.25) is 0 Å². The predicted octanol–water partition coefficient (Wildman–Crippen LogP) is 0.611. The minimum atomic E-state index is -0.271. The summed E-state index contributed by atoms with van der Waals surface area (Å²) in [5, 5.41) is 3.83. The third-order valence-electron chi connectivity index (χ3n) is 2.65. The number of nitrogens with zero attached hydrogens (tertiary/aromatic N) is 1. The van der Waals surface area contributed by atoms with Crippen molar-refractivity contribution in [3.63, 3.8) is 0 Å². The average Bonchev–Trinajstić information content (AvgIpc) is 2.66. The fourth-order valence-electron chi connectivity index (χ4n) is 1.78. The molecule has 3 N–H and O–H groups in total. The Morgan fingerprint density at radius 2 is 2.40 bits per heavy atom. The van der Waals surface area contributed by atoms with Crippen LogP contribution in [0.4, 0.5) is 0 Å². The van der Waals surface area contributed by atoms with Crippen LogP contribution in [-0.2, 0) is 4.79 Å². The van der Waals surface area contributed by atoms with Crippen molar-refractivity contribution < 1.29 is 4.79 Å². The number of primary amides is 1. The summed E-state index contributed by atoms with van der Waals surface area (Å²) >= 11 is 5.23. The lowest BCUT2D eigenvalue weighted by Gasteiger charge is -2.25. The molecule has 0 aromatic carbocycles. The summed E-state index contributed by atoms with van der Waals surface area (Å²) in [5.74, 6) is -0.271. The van der Waals surface area contributed by atoms with E-state index in [0.29, 0.717) is 5.11 Å². The maximum atomic E-state index is 11.1. The van der Waals surface area contributed by atoms with Crippen LogP contribution in [-0.4, -0.2) is 35.1 Å². The number of thiocarbonyl (C=S) groups is 1. The molecule has 1 fully saturated rings. The summed E-state index contributed by atoms with van der Waals surface area (Å²) in [7, 11) is 0. The second-order valence-corrected chi connectivity index (χ2v) is 4.23. The van der Waals surface area contributed by atoms with Crippen LogP contribution in [0.3, 0.4) is 0 Å². The van der Waals surface area contributed by atoms with E-state index in [9.17, 15) is 4.79 Å². The third-order valence-corrected chi connectivity index (χ3v) is 3.03. The van der Waals surface area contributed by atoms with Gasteiger partial charge in [-0.3, -0.25) is 4.79 Å². The maximum absolute atomic E-state index is 11.1. The third kappa shape index (κ3) is 3.34. The molecule has 0 spiro atoms. The van der Waals surface area contributed by atoms with E-state index < -0.39 is 0 Å². The molecule has 1 rings (SSSR count). The van der Waals surface area contributed by atoms with E-state index >= 15 is 0 Å². The topological polar surface area (TPSA) is 58.4 Å². The number of carbonyl (C=O) groups excluding carboxylic acids is 1. The average molecular weight is 229 g/mol. The molecule has 1 heterocycles. The van der Waals surface area contributed by atoms with Gasteiger partial charge in [0.25, 0.3) is 0 Å². The molecule has 86 valence electrons. The molecular weight excluding hydrogens is 210 g/mol. The van der Waals surface area contributed by atoms with Gasteiger partial charge >= 0.3 is 0 Å². The van der Waals surface area contributed by atoms with Crippen molar-refractivity contribution in [2.75, 3.05) is 13.1 Å². The standard InChI is InChI=1S/C10H19N3OS/c1-2-3-6-12-10(15)13-7-4-5-8(13)9(11)14/h8H,2-7H2,1H3,(H2,11,14)(H,12,15)/t8-/m1/s1. The summed E-state index contributed by atoms with van der Waals surface area (Å²) in [6, 6.07) is -0.202. The number of hydrogen-bond donors (Lipinski definition) is 2. The Kier molecular flexibility index (Phi) is 4.81. The molecular formula is C10H19N3OS. The Morgan fingerprint density at radius 3 is 3.00 bits per heavy atom. The van der Waals surface area contributed by atoms with Gasteiger partial charge in [-0.2, -0.15) is 0 Å². The predicted molar refractivity (Wildman–Crippen MR) is 64.4 cm³/mol. The highest BCUT2D eigenvalue weighted by molar-refractivity contribution is 7.80. The van der Waals surface area contributed by atoms with Gasteiger partial charge in [-0.25, -0.2) is 0 Å². The lowest BCUT2D eigenvalue weighted by atomic mass is 10.2. The monoisotopic (exact) mass is 229 g/mol. The number of hydrogen-bond acceptors (Lipinski definition) is 2. The highest BCUT2D eigenvalue weighted by Crippen LogP contribution is 2.16. The number of nitrogens with one attached hydrogen (secondary N) is 1. The van der Waals surface area contributed by atoms with Crippen LogP contribution in [0, 0.1) is 0 Å². The van der Waals surface area contributed by atoms with E-state index in [0.717, 1.165) is 38.8 Å². The van der Waals surface area contributed by atoms with E-state index in [2.05, 4.69) is 12.2 Å². The second kappa shape index (κ2) is 5.90. The molecule has 5 heteroatoms. The highest BCUT2D eigenvalue weighted by Gasteiger charge is 2.30. The Hall–Kier alpha value is -0.840. The first-order valence-electron chi connectivity index (χ1n) is 5.50. The number of likely N-dealkylation sites (tertiary alicyclic amines) is 1. The van der Waals surface area contributed by atoms with Crippen LogP contribution < -0.4 is 11.1 Å². The highest BCUT2D eigenvalue weighted by atomic mass is 32.1. The van der Waals surface area contributed by atoms with E-state index in [4.69, 9.17) is 18.0 Å².